The van der Waals surface area contributed by atoms with E-state index < -0.39 is 0 Å². The second kappa shape index (κ2) is 9.93. The Morgan fingerprint density at radius 1 is 0.778 bits per heavy atom. The number of hydrogen-bond acceptors (Lipinski definition) is 2. The lowest BCUT2D eigenvalue weighted by atomic mass is 10.1. The van der Waals surface area contributed by atoms with Crippen molar-refractivity contribution in [3.63, 3.8) is 0 Å². The van der Waals surface area contributed by atoms with Crippen LogP contribution in [0.1, 0.15) is 16.7 Å². The highest BCUT2D eigenvalue weighted by Gasteiger charge is 2.15. The van der Waals surface area contributed by atoms with Crippen LogP contribution in [0.2, 0.25) is 0 Å². The van der Waals surface area contributed by atoms with Gasteiger partial charge in [-0.1, -0.05) is 78.9 Å². The number of carbonyl (C=O) groups excluding carboxylic acids is 1. The van der Waals surface area contributed by atoms with Gasteiger partial charge in [-0.2, -0.15) is 0 Å². The molecule has 3 aromatic rings. The third-order valence-corrected chi connectivity index (χ3v) is 5.19. The molecule has 0 spiro atoms. The van der Waals surface area contributed by atoms with E-state index in [0.29, 0.717) is 30.2 Å². The minimum Gasteiger partial charge on any atom is -0.333 e. The monoisotopic (exact) mass is 379 g/mol. The van der Waals surface area contributed by atoms with Crippen LogP contribution < -0.4 is 0 Å². The summed E-state index contributed by atoms with van der Waals surface area (Å²) in [5, 5.41) is 0. The maximum Gasteiger partial charge on any atom is 0.233 e. The first-order chi connectivity index (χ1) is 13.2. The van der Waals surface area contributed by atoms with Gasteiger partial charge in [0.05, 0.1) is 5.75 Å². The van der Waals surface area contributed by atoms with Crippen molar-refractivity contribution in [2.24, 2.45) is 0 Å². The SMILES string of the molecule is O=C(CSCc1ccccc1F)N(Cc1ccccc1)Cc1ccccc1. The molecule has 0 saturated heterocycles. The fourth-order valence-electron chi connectivity index (χ4n) is 2.79. The van der Waals surface area contributed by atoms with E-state index in [1.807, 2.05) is 71.6 Å². The maximum absolute atomic E-state index is 13.7. The van der Waals surface area contributed by atoms with Crippen molar-refractivity contribution in [3.8, 4) is 0 Å². The van der Waals surface area contributed by atoms with Crippen LogP contribution in [0.25, 0.3) is 0 Å². The number of hydrogen-bond donors (Lipinski definition) is 0. The predicted molar refractivity (Wildman–Crippen MR) is 110 cm³/mol. The molecular formula is C23H22FNOS. The van der Waals surface area contributed by atoms with E-state index in [2.05, 4.69) is 0 Å². The van der Waals surface area contributed by atoms with Crippen LogP contribution >= 0.6 is 11.8 Å². The topological polar surface area (TPSA) is 20.3 Å². The average molecular weight is 380 g/mol. The van der Waals surface area contributed by atoms with Gasteiger partial charge >= 0.3 is 0 Å². The van der Waals surface area contributed by atoms with Crippen LogP contribution in [0, 0.1) is 5.82 Å². The molecule has 0 aliphatic rings. The van der Waals surface area contributed by atoms with E-state index in [1.54, 1.807) is 12.1 Å². The summed E-state index contributed by atoms with van der Waals surface area (Å²) in [6, 6.07) is 26.7. The number of nitrogens with zero attached hydrogens (tertiary/aromatic N) is 1. The van der Waals surface area contributed by atoms with Gasteiger partial charge in [0.1, 0.15) is 5.82 Å². The van der Waals surface area contributed by atoms with Gasteiger partial charge < -0.3 is 4.90 Å². The highest BCUT2D eigenvalue weighted by Crippen LogP contribution is 2.17. The van der Waals surface area contributed by atoms with Crippen LogP contribution in [0.3, 0.4) is 0 Å². The average Bonchev–Trinajstić information content (AvgIpc) is 2.70. The highest BCUT2D eigenvalue weighted by atomic mass is 32.2. The largest absolute Gasteiger partial charge is 0.333 e. The van der Waals surface area contributed by atoms with E-state index in [4.69, 9.17) is 0 Å². The Hall–Kier alpha value is -2.59. The molecule has 0 radical (unpaired) electrons. The van der Waals surface area contributed by atoms with Crippen molar-refractivity contribution in [1.82, 2.24) is 4.90 Å². The first-order valence-electron chi connectivity index (χ1n) is 8.89. The van der Waals surface area contributed by atoms with Gasteiger partial charge in [-0.25, -0.2) is 4.39 Å². The van der Waals surface area contributed by atoms with Gasteiger partial charge in [0.25, 0.3) is 0 Å². The smallest absolute Gasteiger partial charge is 0.233 e. The molecule has 1 amide bonds. The van der Waals surface area contributed by atoms with Crippen molar-refractivity contribution >= 4 is 17.7 Å². The lowest BCUT2D eigenvalue weighted by Crippen LogP contribution is -2.31. The molecule has 2 nitrogen and oxygen atoms in total. The summed E-state index contributed by atoms with van der Waals surface area (Å²) in [5.41, 5.74) is 2.83. The Labute approximate surface area is 164 Å². The second-order valence-electron chi connectivity index (χ2n) is 6.31. The van der Waals surface area contributed by atoms with Crippen molar-refractivity contribution in [2.45, 2.75) is 18.8 Å². The molecule has 0 aliphatic heterocycles. The molecule has 0 unspecified atom stereocenters. The lowest BCUT2D eigenvalue weighted by molar-refractivity contribution is -0.129. The Bertz CT molecular complexity index is 813. The summed E-state index contributed by atoms with van der Waals surface area (Å²) in [4.78, 5) is 14.7. The highest BCUT2D eigenvalue weighted by molar-refractivity contribution is 7.99. The first-order valence-corrected chi connectivity index (χ1v) is 10.0. The quantitative estimate of drug-likeness (QED) is 0.530. The molecule has 3 rings (SSSR count). The van der Waals surface area contributed by atoms with Gasteiger partial charge in [0.15, 0.2) is 0 Å². The van der Waals surface area contributed by atoms with E-state index in [0.717, 1.165) is 11.1 Å². The minimum atomic E-state index is -0.220. The number of thioether (sulfide) groups is 1. The zero-order chi connectivity index (χ0) is 18.9. The number of halogens is 1. The van der Waals surface area contributed by atoms with E-state index in [1.165, 1.54) is 17.8 Å². The van der Waals surface area contributed by atoms with Gasteiger partial charge in [0, 0.05) is 18.8 Å². The summed E-state index contributed by atoms with van der Waals surface area (Å²) in [5.74, 6) is 0.656. The number of carbonyl (C=O) groups is 1. The van der Waals surface area contributed by atoms with Crippen LogP contribution in [0.4, 0.5) is 4.39 Å². The molecule has 138 valence electrons. The normalized spacial score (nSPS) is 10.6. The molecular weight excluding hydrogens is 357 g/mol. The van der Waals surface area contributed by atoms with Crippen molar-refractivity contribution in [2.75, 3.05) is 5.75 Å². The molecule has 0 atom stereocenters. The number of benzene rings is 3. The molecule has 0 N–H and O–H groups in total. The summed E-state index contributed by atoms with van der Waals surface area (Å²) in [6.07, 6.45) is 0. The molecule has 0 heterocycles. The van der Waals surface area contributed by atoms with Crippen LogP contribution in [-0.2, 0) is 23.6 Å². The third kappa shape index (κ3) is 5.97. The second-order valence-corrected chi connectivity index (χ2v) is 7.29. The fraction of sp³-hybridized carbons (Fsp3) is 0.174. The molecule has 0 aliphatic carbocycles. The van der Waals surface area contributed by atoms with Gasteiger partial charge in [-0.15, -0.1) is 11.8 Å². The summed E-state index contributed by atoms with van der Waals surface area (Å²) in [7, 11) is 0. The number of amides is 1. The van der Waals surface area contributed by atoms with Crippen molar-refractivity contribution in [1.29, 1.82) is 0 Å². The Balaban J connectivity index is 1.63. The summed E-state index contributed by atoms with van der Waals surface area (Å²) >= 11 is 1.45. The van der Waals surface area contributed by atoms with E-state index in [-0.39, 0.29) is 11.7 Å². The van der Waals surface area contributed by atoms with E-state index in [9.17, 15) is 9.18 Å². The Kier molecular flexibility index (Phi) is 7.05. The van der Waals surface area contributed by atoms with Gasteiger partial charge in [-0.3, -0.25) is 4.79 Å². The lowest BCUT2D eigenvalue weighted by Gasteiger charge is -2.23. The molecule has 0 aromatic heterocycles. The van der Waals surface area contributed by atoms with E-state index >= 15 is 0 Å². The predicted octanol–water partition coefficient (Wildman–Crippen LogP) is 5.29. The number of rotatable bonds is 8. The van der Waals surface area contributed by atoms with Crippen LogP contribution in [-0.4, -0.2) is 16.6 Å². The molecule has 3 aromatic carbocycles. The Morgan fingerprint density at radius 3 is 1.85 bits per heavy atom. The maximum atomic E-state index is 13.7. The zero-order valence-corrected chi connectivity index (χ0v) is 15.9. The van der Waals surface area contributed by atoms with Gasteiger partial charge in [-0.05, 0) is 22.8 Å². The standard InChI is InChI=1S/C23H22FNOS/c24-22-14-8-7-13-21(22)17-27-18-23(26)25(15-19-9-3-1-4-10-19)16-20-11-5-2-6-12-20/h1-14H,15-18H2. The molecule has 27 heavy (non-hydrogen) atoms. The Morgan fingerprint density at radius 2 is 1.30 bits per heavy atom. The summed E-state index contributed by atoms with van der Waals surface area (Å²) in [6.45, 7) is 1.13. The van der Waals surface area contributed by atoms with Gasteiger partial charge in [0.2, 0.25) is 5.91 Å². The molecule has 4 heteroatoms. The molecule has 0 bridgehead atoms. The fourth-order valence-corrected chi connectivity index (χ4v) is 3.71. The van der Waals surface area contributed by atoms with Crippen molar-refractivity contribution in [3.05, 3.63) is 107 Å². The molecule has 0 fully saturated rings. The zero-order valence-electron chi connectivity index (χ0n) is 15.1. The first kappa shape index (κ1) is 19.2. The minimum absolute atomic E-state index is 0.0593. The molecule has 0 saturated carbocycles. The van der Waals surface area contributed by atoms with Crippen molar-refractivity contribution < 1.29 is 9.18 Å². The van der Waals surface area contributed by atoms with Crippen LogP contribution in [0.5, 0.6) is 0 Å². The van der Waals surface area contributed by atoms with Crippen LogP contribution in [0.15, 0.2) is 84.9 Å². The third-order valence-electron chi connectivity index (χ3n) is 4.23. The summed E-state index contributed by atoms with van der Waals surface area (Å²) < 4.78 is 13.7.